The van der Waals surface area contributed by atoms with Gasteiger partial charge in [0.25, 0.3) is 0 Å². The lowest BCUT2D eigenvalue weighted by Gasteiger charge is -2.40. The number of aryl methyl sites for hydroxylation is 1. The van der Waals surface area contributed by atoms with Crippen LogP contribution in [0.4, 0.5) is 4.79 Å². The Hall–Kier alpha value is -4.05. The van der Waals surface area contributed by atoms with Crippen LogP contribution in [0, 0.1) is 5.92 Å². The molecular formula is C32H40ClN5O5. The van der Waals surface area contributed by atoms with Gasteiger partial charge in [0.05, 0.1) is 0 Å². The second-order valence-electron chi connectivity index (χ2n) is 11.5. The average Bonchev–Trinajstić information content (AvgIpc) is 3.33. The molecule has 0 aliphatic heterocycles. The molecule has 0 saturated carbocycles. The summed E-state index contributed by atoms with van der Waals surface area (Å²) in [6.45, 7) is 5.58. The first-order valence-corrected chi connectivity index (χ1v) is 15.1. The van der Waals surface area contributed by atoms with Crippen LogP contribution >= 0.6 is 11.6 Å². The molecule has 0 saturated heterocycles. The van der Waals surface area contributed by atoms with E-state index in [0.717, 1.165) is 32.6 Å². The van der Waals surface area contributed by atoms with Gasteiger partial charge in [0, 0.05) is 47.0 Å². The predicted molar refractivity (Wildman–Crippen MR) is 165 cm³/mol. The van der Waals surface area contributed by atoms with Crippen molar-refractivity contribution in [2.45, 2.75) is 83.5 Å². The van der Waals surface area contributed by atoms with Crippen molar-refractivity contribution in [1.29, 1.82) is 0 Å². The fourth-order valence-electron chi connectivity index (χ4n) is 5.95. The molecule has 4 amide bonds. The average molecular weight is 610 g/mol. The molecule has 4 atom stereocenters. The third kappa shape index (κ3) is 7.13. The summed E-state index contributed by atoms with van der Waals surface area (Å²) < 4.78 is 0. The summed E-state index contributed by atoms with van der Waals surface area (Å²) in [4.78, 5) is 57.2. The zero-order valence-electron chi connectivity index (χ0n) is 24.8. The van der Waals surface area contributed by atoms with Crippen molar-refractivity contribution in [2.24, 2.45) is 11.7 Å². The normalized spacial score (nSPS) is 18.2. The molecule has 11 heteroatoms. The number of nitrogens with zero attached hydrogens (tertiary/aromatic N) is 1. The second-order valence-corrected chi connectivity index (χ2v) is 11.9. The number of nitrogens with one attached hydrogen (secondary N) is 3. The van der Waals surface area contributed by atoms with E-state index in [-0.39, 0.29) is 31.7 Å². The van der Waals surface area contributed by atoms with Gasteiger partial charge in [-0.1, -0.05) is 69.1 Å². The van der Waals surface area contributed by atoms with E-state index in [4.69, 9.17) is 17.3 Å². The van der Waals surface area contributed by atoms with Gasteiger partial charge < -0.3 is 26.5 Å². The molecule has 2 aromatic carbocycles. The molecule has 0 bridgehead atoms. The molecule has 230 valence electrons. The van der Waals surface area contributed by atoms with Crippen LogP contribution in [0.5, 0.6) is 0 Å². The zero-order valence-corrected chi connectivity index (χ0v) is 25.5. The molecule has 1 aliphatic carbocycles. The van der Waals surface area contributed by atoms with Crippen LogP contribution in [0.2, 0.25) is 5.02 Å². The van der Waals surface area contributed by atoms with Gasteiger partial charge >= 0.3 is 6.09 Å². The Labute approximate surface area is 256 Å². The van der Waals surface area contributed by atoms with E-state index in [9.17, 15) is 24.3 Å². The van der Waals surface area contributed by atoms with E-state index < -0.39 is 41.4 Å². The van der Waals surface area contributed by atoms with E-state index in [2.05, 4.69) is 15.6 Å². The van der Waals surface area contributed by atoms with Crippen LogP contribution in [-0.4, -0.2) is 56.4 Å². The van der Waals surface area contributed by atoms with Crippen molar-refractivity contribution >= 4 is 46.3 Å². The van der Waals surface area contributed by atoms with E-state index in [1.54, 1.807) is 6.07 Å². The van der Waals surface area contributed by atoms with Crippen molar-refractivity contribution in [3.8, 4) is 0 Å². The highest BCUT2D eigenvalue weighted by Crippen LogP contribution is 2.36. The van der Waals surface area contributed by atoms with Crippen molar-refractivity contribution < 1.29 is 24.3 Å². The minimum Gasteiger partial charge on any atom is -0.465 e. The van der Waals surface area contributed by atoms with Gasteiger partial charge in [-0.05, 0) is 54.5 Å². The van der Waals surface area contributed by atoms with Gasteiger partial charge in [-0.3, -0.25) is 19.3 Å². The number of aromatic amines is 1. The fourth-order valence-corrected chi connectivity index (χ4v) is 6.12. The predicted octanol–water partition coefficient (Wildman–Crippen LogP) is 4.53. The number of hydrogen-bond donors (Lipinski definition) is 5. The van der Waals surface area contributed by atoms with Crippen molar-refractivity contribution in [3.05, 3.63) is 70.4 Å². The maximum absolute atomic E-state index is 14.3. The summed E-state index contributed by atoms with van der Waals surface area (Å²) in [7, 11) is 0. The molecule has 0 spiro atoms. The smallest absolute Gasteiger partial charge is 0.408 e. The monoisotopic (exact) mass is 609 g/mol. The quantitative estimate of drug-likeness (QED) is 0.204. The summed E-state index contributed by atoms with van der Waals surface area (Å²) in [5, 5.41) is 17.7. The molecule has 0 radical (unpaired) electrons. The number of aromatic nitrogens is 1. The lowest BCUT2D eigenvalue weighted by atomic mass is 9.78. The molecule has 0 unspecified atom stereocenters. The first-order valence-electron chi connectivity index (χ1n) is 14.7. The molecule has 10 nitrogen and oxygen atoms in total. The van der Waals surface area contributed by atoms with E-state index in [1.165, 1.54) is 0 Å². The molecule has 0 fully saturated rings. The lowest BCUT2D eigenvalue weighted by Crippen LogP contribution is -2.66. The number of halogens is 1. The molecule has 43 heavy (non-hydrogen) atoms. The highest BCUT2D eigenvalue weighted by molar-refractivity contribution is 6.31. The van der Waals surface area contributed by atoms with Crippen LogP contribution in [0.25, 0.3) is 10.9 Å². The third-order valence-corrected chi connectivity index (χ3v) is 8.77. The minimum atomic E-state index is -1.41. The molecule has 4 rings (SSSR count). The van der Waals surface area contributed by atoms with Gasteiger partial charge in [-0.15, -0.1) is 0 Å². The Morgan fingerprint density at radius 2 is 1.84 bits per heavy atom. The number of carbonyl (C=O) groups excluding carboxylic acids is 3. The number of benzene rings is 2. The second kappa shape index (κ2) is 13.5. The van der Waals surface area contributed by atoms with Crippen LogP contribution in [0.3, 0.4) is 0 Å². The van der Waals surface area contributed by atoms with Crippen molar-refractivity contribution in [1.82, 2.24) is 20.5 Å². The Bertz CT molecular complexity index is 1490. The number of H-pyrrole nitrogens is 1. The summed E-state index contributed by atoms with van der Waals surface area (Å²) in [6.07, 6.45) is 0.620. The lowest BCUT2D eigenvalue weighted by molar-refractivity contribution is -0.138. The number of nitrogens with two attached hydrogens (primary N) is 1. The van der Waals surface area contributed by atoms with Gasteiger partial charge in [0.15, 0.2) is 0 Å². The number of hydrogen-bond acceptors (Lipinski definition) is 4. The Morgan fingerprint density at radius 3 is 2.47 bits per heavy atom. The fraction of sp³-hybridized carbons (Fsp3) is 0.438. The SMILES string of the molecule is CC[C@@H](CC(N)=O)NC(=O)[C@@]1(NC(=O)[C@H]([C@@H](C)CC)N(Cc2ccccc2)C(=O)O)CCc2[nH]c3ccc(Cl)cc3c2C1. The Balaban J connectivity index is 1.74. The molecule has 3 aromatic rings. The van der Waals surface area contributed by atoms with Crippen molar-refractivity contribution in [3.63, 3.8) is 0 Å². The van der Waals surface area contributed by atoms with E-state index >= 15 is 0 Å². The van der Waals surface area contributed by atoms with Crippen LogP contribution < -0.4 is 16.4 Å². The number of carboxylic acid groups (broad SMARTS) is 1. The largest absolute Gasteiger partial charge is 0.465 e. The molecule has 1 aromatic heterocycles. The first kappa shape index (κ1) is 31.9. The minimum absolute atomic E-state index is 0.0133. The molecule has 1 heterocycles. The number of rotatable bonds is 12. The topological polar surface area (TPSA) is 158 Å². The van der Waals surface area contributed by atoms with E-state index in [1.807, 2.05) is 63.2 Å². The molecular weight excluding hydrogens is 570 g/mol. The van der Waals surface area contributed by atoms with E-state index in [0.29, 0.717) is 24.3 Å². The van der Waals surface area contributed by atoms with Gasteiger partial charge in [0.2, 0.25) is 17.7 Å². The van der Waals surface area contributed by atoms with Crippen molar-refractivity contribution in [2.75, 3.05) is 0 Å². The molecule has 1 aliphatic rings. The standard InChI is InChI=1S/C32H40ClN5O5/c1-4-19(3)28(38(31(42)43)18-20-9-7-6-8-10-20)29(40)37-32(30(41)35-22(5-2)16-27(34)39)14-13-26-24(17-32)23-15-21(33)11-12-25(23)36-26/h6-12,15,19,22,28,36H,4-5,13-14,16-18H2,1-3H3,(H2,34,39)(H,35,41)(H,37,40)(H,42,43)/t19-,22-,28-,32+/m0/s1. The van der Waals surface area contributed by atoms with Gasteiger partial charge in [0.1, 0.15) is 11.6 Å². The van der Waals surface area contributed by atoms with Crippen LogP contribution in [0.15, 0.2) is 48.5 Å². The number of fused-ring (bicyclic) bond motifs is 3. The highest BCUT2D eigenvalue weighted by atomic mass is 35.5. The van der Waals surface area contributed by atoms with Crippen LogP contribution in [0.1, 0.15) is 63.3 Å². The highest BCUT2D eigenvalue weighted by Gasteiger charge is 2.47. The maximum Gasteiger partial charge on any atom is 0.408 e. The summed E-state index contributed by atoms with van der Waals surface area (Å²) in [5.74, 6) is -1.88. The van der Waals surface area contributed by atoms with Gasteiger partial charge in [-0.2, -0.15) is 0 Å². The Morgan fingerprint density at radius 1 is 1.12 bits per heavy atom. The number of primary amides is 1. The maximum atomic E-state index is 14.3. The Kier molecular flexibility index (Phi) is 10.0. The number of amides is 4. The first-order chi connectivity index (χ1) is 20.5. The van der Waals surface area contributed by atoms with Crippen LogP contribution in [-0.2, 0) is 33.8 Å². The summed E-state index contributed by atoms with van der Waals surface area (Å²) in [5.41, 5.74) is 7.46. The third-order valence-electron chi connectivity index (χ3n) is 8.54. The number of carbonyl (C=O) groups is 4. The molecule has 6 N–H and O–H groups in total. The summed E-state index contributed by atoms with van der Waals surface area (Å²) >= 11 is 6.33. The summed E-state index contributed by atoms with van der Waals surface area (Å²) in [6, 6.07) is 13.0. The zero-order chi connectivity index (χ0) is 31.3. The van der Waals surface area contributed by atoms with Gasteiger partial charge in [-0.25, -0.2) is 4.79 Å².